The zero-order valence-corrected chi connectivity index (χ0v) is 8.32. The Morgan fingerprint density at radius 1 is 1.64 bits per heavy atom. The molecule has 1 rings (SSSR count). The van der Waals surface area contributed by atoms with Crippen LogP contribution in [-0.2, 0) is 0 Å². The van der Waals surface area contributed by atoms with Crippen molar-refractivity contribution in [2.45, 2.75) is 6.92 Å². The zero-order chi connectivity index (χ0) is 10.4. The molecule has 0 aliphatic carbocycles. The van der Waals surface area contributed by atoms with E-state index in [1.165, 1.54) is 0 Å². The van der Waals surface area contributed by atoms with E-state index in [4.69, 9.17) is 10.00 Å². The van der Waals surface area contributed by atoms with Gasteiger partial charge in [-0.3, -0.25) is 0 Å². The molecule has 0 fully saturated rings. The summed E-state index contributed by atoms with van der Waals surface area (Å²) in [5.74, 6) is 0.584. The second-order valence-corrected chi connectivity index (χ2v) is 3.00. The van der Waals surface area contributed by atoms with Gasteiger partial charge in [0.05, 0.1) is 31.0 Å². The van der Waals surface area contributed by atoms with E-state index in [-0.39, 0.29) is 5.92 Å². The number of methoxy groups -OCH3 is 1. The summed E-state index contributed by atoms with van der Waals surface area (Å²) in [4.78, 5) is 4.03. The molecule has 0 bridgehead atoms. The van der Waals surface area contributed by atoms with Crippen LogP contribution in [0.4, 0.5) is 5.69 Å². The molecule has 0 saturated carbocycles. The van der Waals surface area contributed by atoms with Crippen molar-refractivity contribution in [3.63, 3.8) is 0 Å². The fourth-order valence-corrected chi connectivity index (χ4v) is 0.922. The van der Waals surface area contributed by atoms with Gasteiger partial charge in [-0.2, -0.15) is 5.26 Å². The van der Waals surface area contributed by atoms with Crippen molar-refractivity contribution in [3.8, 4) is 11.9 Å². The number of hydrogen-bond acceptors (Lipinski definition) is 4. The molecule has 0 spiro atoms. The van der Waals surface area contributed by atoms with Crippen LogP contribution in [0.1, 0.15) is 6.92 Å². The van der Waals surface area contributed by atoms with Crippen LogP contribution in [0.2, 0.25) is 0 Å². The van der Waals surface area contributed by atoms with Crippen LogP contribution >= 0.6 is 0 Å². The predicted molar refractivity (Wildman–Crippen MR) is 54.1 cm³/mol. The van der Waals surface area contributed by atoms with E-state index in [0.717, 1.165) is 5.69 Å². The Balaban J connectivity index is 2.48. The van der Waals surface area contributed by atoms with Crippen LogP contribution in [0.3, 0.4) is 0 Å². The molecular formula is C10H13N3O. The molecule has 1 heterocycles. The second kappa shape index (κ2) is 5.07. The lowest BCUT2D eigenvalue weighted by Gasteiger charge is -2.07. The first kappa shape index (κ1) is 10.3. The monoisotopic (exact) mass is 191 g/mol. The van der Waals surface area contributed by atoms with Crippen molar-refractivity contribution in [1.82, 2.24) is 4.98 Å². The molecule has 74 valence electrons. The number of rotatable bonds is 4. The zero-order valence-electron chi connectivity index (χ0n) is 8.32. The Hall–Kier alpha value is -1.76. The maximum absolute atomic E-state index is 8.57. The molecule has 4 nitrogen and oxygen atoms in total. The highest BCUT2D eigenvalue weighted by Gasteiger charge is 1.99. The molecule has 1 atom stereocenters. The van der Waals surface area contributed by atoms with E-state index < -0.39 is 0 Å². The molecule has 14 heavy (non-hydrogen) atoms. The Bertz CT molecular complexity index is 315. The quantitative estimate of drug-likeness (QED) is 0.786. The lowest BCUT2D eigenvalue weighted by molar-refractivity contribution is 0.398. The summed E-state index contributed by atoms with van der Waals surface area (Å²) in [6.45, 7) is 2.49. The summed E-state index contributed by atoms with van der Waals surface area (Å²) in [7, 11) is 1.58. The molecule has 1 N–H and O–H groups in total. The lowest BCUT2D eigenvalue weighted by atomic mass is 10.2. The maximum Gasteiger partial charge on any atom is 0.213 e. The molecular weight excluding hydrogens is 178 g/mol. The average molecular weight is 191 g/mol. The van der Waals surface area contributed by atoms with E-state index >= 15 is 0 Å². The van der Waals surface area contributed by atoms with E-state index in [1.54, 1.807) is 19.4 Å². The van der Waals surface area contributed by atoms with Gasteiger partial charge in [0, 0.05) is 12.6 Å². The number of pyridine rings is 1. The number of hydrogen-bond donors (Lipinski definition) is 1. The van der Waals surface area contributed by atoms with Gasteiger partial charge in [-0.25, -0.2) is 4.98 Å². The van der Waals surface area contributed by atoms with Crippen LogP contribution < -0.4 is 10.1 Å². The van der Waals surface area contributed by atoms with Gasteiger partial charge in [-0.05, 0) is 13.0 Å². The molecule has 4 heteroatoms. The smallest absolute Gasteiger partial charge is 0.213 e. The molecule has 0 amide bonds. The van der Waals surface area contributed by atoms with Crippen molar-refractivity contribution < 1.29 is 4.74 Å². The Labute approximate surface area is 83.5 Å². The summed E-state index contributed by atoms with van der Waals surface area (Å²) in [6.07, 6.45) is 1.68. The van der Waals surface area contributed by atoms with Gasteiger partial charge in [0.25, 0.3) is 0 Å². The van der Waals surface area contributed by atoms with Crippen molar-refractivity contribution in [2.24, 2.45) is 5.92 Å². The van der Waals surface area contributed by atoms with Gasteiger partial charge >= 0.3 is 0 Å². The third-order valence-electron chi connectivity index (χ3n) is 1.78. The Kier molecular flexibility index (Phi) is 3.74. The summed E-state index contributed by atoms with van der Waals surface area (Å²) in [5, 5.41) is 11.7. The van der Waals surface area contributed by atoms with Gasteiger partial charge in [0.15, 0.2) is 0 Å². The van der Waals surface area contributed by atoms with Gasteiger partial charge < -0.3 is 10.1 Å². The normalized spacial score (nSPS) is 11.5. The first-order chi connectivity index (χ1) is 6.76. The summed E-state index contributed by atoms with van der Waals surface area (Å²) in [6, 6.07) is 5.80. The predicted octanol–water partition coefficient (Wildman–Crippen LogP) is 1.66. The van der Waals surface area contributed by atoms with Crippen LogP contribution in [-0.4, -0.2) is 18.6 Å². The standard InChI is InChI=1S/C10H13N3O/c1-8(5-11)6-12-9-3-4-10(14-2)13-7-9/h3-4,7-8,12H,6H2,1-2H3. The highest BCUT2D eigenvalue weighted by atomic mass is 16.5. The van der Waals surface area contributed by atoms with E-state index in [0.29, 0.717) is 12.4 Å². The topological polar surface area (TPSA) is 57.9 Å². The average Bonchev–Trinajstić information content (AvgIpc) is 2.26. The van der Waals surface area contributed by atoms with Crippen LogP contribution in [0.15, 0.2) is 18.3 Å². The molecule has 1 unspecified atom stereocenters. The number of anilines is 1. The number of nitriles is 1. The molecule has 0 aliphatic heterocycles. The van der Waals surface area contributed by atoms with Crippen molar-refractivity contribution in [3.05, 3.63) is 18.3 Å². The minimum absolute atomic E-state index is 0.00268. The van der Waals surface area contributed by atoms with E-state index in [2.05, 4.69) is 16.4 Å². The fourth-order valence-electron chi connectivity index (χ4n) is 0.922. The van der Waals surface area contributed by atoms with Crippen LogP contribution in [0.5, 0.6) is 5.88 Å². The number of ether oxygens (including phenoxy) is 1. The van der Waals surface area contributed by atoms with Crippen molar-refractivity contribution in [1.29, 1.82) is 5.26 Å². The maximum atomic E-state index is 8.57. The third kappa shape index (κ3) is 2.94. The third-order valence-corrected chi connectivity index (χ3v) is 1.78. The highest BCUT2D eigenvalue weighted by molar-refractivity contribution is 5.42. The minimum Gasteiger partial charge on any atom is -0.481 e. The van der Waals surface area contributed by atoms with Gasteiger partial charge in [0.1, 0.15) is 0 Å². The summed E-state index contributed by atoms with van der Waals surface area (Å²) in [5.41, 5.74) is 0.896. The van der Waals surface area contributed by atoms with Gasteiger partial charge in [-0.15, -0.1) is 0 Å². The first-order valence-corrected chi connectivity index (χ1v) is 4.39. The Morgan fingerprint density at radius 3 is 2.93 bits per heavy atom. The van der Waals surface area contributed by atoms with Crippen LogP contribution in [0, 0.1) is 17.2 Å². The van der Waals surface area contributed by atoms with E-state index in [9.17, 15) is 0 Å². The van der Waals surface area contributed by atoms with Crippen molar-refractivity contribution in [2.75, 3.05) is 19.0 Å². The fraction of sp³-hybridized carbons (Fsp3) is 0.400. The molecule has 0 saturated heterocycles. The van der Waals surface area contributed by atoms with Crippen LogP contribution in [0.25, 0.3) is 0 Å². The second-order valence-electron chi connectivity index (χ2n) is 3.00. The molecule has 1 aromatic rings. The minimum atomic E-state index is -0.00268. The summed E-state index contributed by atoms with van der Waals surface area (Å²) < 4.78 is 4.92. The van der Waals surface area contributed by atoms with Gasteiger partial charge in [-0.1, -0.05) is 0 Å². The molecule has 1 aromatic heterocycles. The largest absolute Gasteiger partial charge is 0.481 e. The lowest BCUT2D eigenvalue weighted by Crippen LogP contribution is -2.09. The first-order valence-electron chi connectivity index (χ1n) is 4.39. The molecule has 0 radical (unpaired) electrons. The van der Waals surface area contributed by atoms with Gasteiger partial charge in [0.2, 0.25) is 5.88 Å². The molecule has 0 aliphatic rings. The highest BCUT2D eigenvalue weighted by Crippen LogP contribution is 2.11. The number of nitrogens with one attached hydrogen (secondary N) is 1. The number of aromatic nitrogens is 1. The van der Waals surface area contributed by atoms with Crippen molar-refractivity contribution >= 4 is 5.69 Å². The number of nitrogens with zero attached hydrogens (tertiary/aromatic N) is 2. The van der Waals surface area contributed by atoms with E-state index in [1.807, 2.05) is 13.0 Å². The SMILES string of the molecule is COc1ccc(NCC(C)C#N)cn1. The Morgan fingerprint density at radius 2 is 2.43 bits per heavy atom. The molecule has 0 aromatic carbocycles. The summed E-state index contributed by atoms with van der Waals surface area (Å²) >= 11 is 0.